The van der Waals surface area contributed by atoms with Gasteiger partial charge < -0.3 is 10.4 Å². The summed E-state index contributed by atoms with van der Waals surface area (Å²) < 4.78 is 0. The van der Waals surface area contributed by atoms with E-state index >= 15 is 0 Å². The van der Waals surface area contributed by atoms with Crippen molar-refractivity contribution in [2.45, 2.75) is 33.7 Å². The van der Waals surface area contributed by atoms with Crippen LogP contribution in [0.2, 0.25) is 0 Å². The van der Waals surface area contributed by atoms with E-state index in [0.717, 1.165) is 5.69 Å². The zero-order valence-corrected chi connectivity index (χ0v) is 10.1. The molecule has 1 aromatic rings. The molecular weight excluding hydrogens is 204 g/mol. The van der Waals surface area contributed by atoms with Crippen molar-refractivity contribution in [3.05, 3.63) is 24.0 Å². The van der Waals surface area contributed by atoms with Crippen LogP contribution in [0.1, 0.15) is 38.2 Å². The van der Waals surface area contributed by atoms with Crippen molar-refractivity contribution in [1.29, 1.82) is 0 Å². The van der Waals surface area contributed by atoms with Crippen LogP contribution < -0.4 is 5.32 Å². The summed E-state index contributed by atoms with van der Waals surface area (Å²) in [5.74, 6) is -1.01. The maximum absolute atomic E-state index is 10.7. The fourth-order valence-electron chi connectivity index (χ4n) is 1.10. The number of pyridine rings is 1. The van der Waals surface area contributed by atoms with Crippen molar-refractivity contribution < 1.29 is 9.90 Å². The number of anilines is 1. The Labute approximate surface area is 95.7 Å². The Morgan fingerprint density at radius 1 is 1.50 bits per heavy atom. The first-order valence-corrected chi connectivity index (χ1v) is 5.26. The van der Waals surface area contributed by atoms with Crippen LogP contribution in [0.5, 0.6) is 0 Å². The van der Waals surface area contributed by atoms with Gasteiger partial charge in [-0.05, 0) is 24.5 Å². The van der Waals surface area contributed by atoms with Crippen molar-refractivity contribution in [1.82, 2.24) is 4.98 Å². The molecule has 0 amide bonds. The molecule has 0 saturated heterocycles. The lowest BCUT2D eigenvalue weighted by molar-refractivity contribution is 0.0690. The van der Waals surface area contributed by atoms with Gasteiger partial charge in [-0.3, -0.25) is 0 Å². The van der Waals surface area contributed by atoms with E-state index in [2.05, 4.69) is 38.0 Å². The number of hydrogen-bond donors (Lipinski definition) is 2. The Morgan fingerprint density at radius 3 is 2.62 bits per heavy atom. The summed E-state index contributed by atoms with van der Waals surface area (Å²) in [6, 6.07) is 3.57. The smallest absolute Gasteiger partial charge is 0.354 e. The molecule has 2 N–H and O–H groups in total. The number of carbonyl (C=O) groups is 1. The maximum Gasteiger partial charge on any atom is 0.354 e. The molecule has 4 heteroatoms. The average molecular weight is 222 g/mol. The van der Waals surface area contributed by atoms with E-state index in [1.54, 1.807) is 12.1 Å². The highest BCUT2D eigenvalue weighted by Crippen LogP contribution is 2.22. The number of rotatable bonds is 3. The molecule has 0 aromatic carbocycles. The lowest BCUT2D eigenvalue weighted by Gasteiger charge is -2.29. The molecule has 16 heavy (non-hydrogen) atoms. The number of nitrogens with one attached hydrogen (secondary N) is 1. The van der Waals surface area contributed by atoms with Crippen LogP contribution in [0.4, 0.5) is 5.69 Å². The predicted octanol–water partition coefficient (Wildman–Crippen LogP) is 2.63. The summed E-state index contributed by atoms with van der Waals surface area (Å²) in [6.07, 6.45) is 1.50. The van der Waals surface area contributed by atoms with Gasteiger partial charge in [-0.15, -0.1) is 0 Å². The molecular formula is C12H18N2O2. The maximum atomic E-state index is 10.7. The van der Waals surface area contributed by atoms with E-state index in [0.29, 0.717) is 0 Å². The van der Waals surface area contributed by atoms with E-state index in [4.69, 9.17) is 5.11 Å². The Hall–Kier alpha value is -1.58. The number of carboxylic acids is 1. The number of aromatic carboxylic acids is 1. The Morgan fingerprint density at radius 2 is 2.12 bits per heavy atom. The van der Waals surface area contributed by atoms with E-state index in [1.807, 2.05) is 0 Å². The van der Waals surface area contributed by atoms with Gasteiger partial charge in [0, 0.05) is 17.9 Å². The minimum Gasteiger partial charge on any atom is -0.477 e. The fourth-order valence-corrected chi connectivity index (χ4v) is 1.10. The highest BCUT2D eigenvalue weighted by molar-refractivity contribution is 5.86. The first-order chi connectivity index (χ1) is 7.30. The van der Waals surface area contributed by atoms with Gasteiger partial charge in [-0.25, -0.2) is 9.78 Å². The second-order valence-electron chi connectivity index (χ2n) is 4.97. The minimum absolute atomic E-state index is 0.0612. The third-order valence-corrected chi connectivity index (χ3v) is 2.66. The molecule has 0 aliphatic rings. The summed E-state index contributed by atoms with van der Waals surface area (Å²) in [6.45, 7) is 8.46. The lowest BCUT2D eigenvalue weighted by Crippen LogP contribution is -2.30. The van der Waals surface area contributed by atoms with Crippen LogP contribution in [0.3, 0.4) is 0 Å². The van der Waals surface area contributed by atoms with Crippen LogP contribution in [-0.2, 0) is 0 Å². The monoisotopic (exact) mass is 222 g/mol. The molecule has 4 nitrogen and oxygen atoms in total. The standard InChI is InChI=1S/C12H18N2O2/c1-8(12(2,3)4)14-9-5-6-13-10(7-9)11(15)16/h5-8H,1-4H3,(H,13,14)(H,15,16). The van der Waals surface area contributed by atoms with Gasteiger partial charge in [0.2, 0.25) is 0 Å². The molecule has 0 spiro atoms. The Kier molecular flexibility index (Phi) is 3.52. The van der Waals surface area contributed by atoms with Gasteiger partial charge in [-0.1, -0.05) is 20.8 Å². The van der Waals surface area contributed by atoms with E-state index in [9.17, 15) is 4.79 Å². The molecule has 1 heterocycles. The van der Waals surface area contributed by atoms with Crippen LogP contribution >= 0.6 is 0 Å². The third kappa shape index (κ3) is 3.22. The molecule has 0 fully saturated rings. The molecule has 0 aliphatic carbocycles. The predicted molar refractivity (Wildman–Crippen MR) is 63.7 cm³/mol. The summed E-state index contributed by atoms with van der Waals surface area (Å²) in [5.41, 5.74) is 0.966. The zero-order chi connectivity index (χ0) is 12.3. The second kappa shape index (κ2) is 4.51. The third-order valence-electron chi connectivity index (χ3n) is 2.66. The van der Waals surface area contributed by atoms with Crippen LogP contribution in [-0.4, -0.2) is 22.1 Å². The van der Waals surface area contributed by atoms with E-state index in [1.165, 1.54) is 6.20 Å². The van der Waals surface area contributed by atoms with Gasteiger partial charge in [0.05, 0.1) is 0 Å². The first-order valence-electron chi connectivity index (χ1n) is 5.26. The quantitative estimate of drug-likeness (QED) is 0.825. The van der Waals surface area contributed by atoms with E-state index in [-0.39, 0.29) is 17.2 Å². The molecule has 1 unspecified atom stereocenters. The summed E-state index contributed by atoms with van der Waals surface area (Å²) in [5, 5.41) is 12.1. The highest BCUT2D eigenvalue weighted by atomic mass is 16.4. The molecule has 0 bridgehead atoms. The van der Waals surface area contributed by atoms with Gasteiger partial charge >= 0.3 is 5.97 Å². The van der Waals surface area contributed by atoms with Crippen molar-refractivity contribution in [2.75, 3.05) is 5.32 Å². The SMILES string of the molecule is CC(Nc1ccnc(C(=O)O)c1)C(C)(C)C. The molecule has 0 saturated carbocycles. The van der Waals surface area contributed by atoms with Crippen LogP contribution in [0, 0.1) is 5.41 Å². The van der Waals surface area contributed by atoms with Crippen molar-refractivity contribution >= 4 is 11.7 Å². The average Bonchev–Trinajstić information content (AvgIpc) is 2.16. The summed E-state index contributed by atoms with van der Waals surface area (Å²) >= 11 is 0. The summed E-state index contributed by atoms with van der Waals surface area (Å²) in [7, 11) is 0. The zero-order valence-electron chi connectivity index (χ0n) is 10.1. The Bertz CT molecular complexity index is 383. The lowest BCUT2D eigenvalue weighted by atomic mass is 9.88. The molecule has 0 aliphatic heterocycles. The van der Waals surface area contributed by atoms with Gasteiger partial charge in [0.15, 0.2) is 0 Å². The summed E-state index contributed by atoms with van der Waals surface area (Å²) in [4.78, 5) is 14.5. The largest absolute Gasteiger partial charge is 0.477 e. The van der Waals surface area contributed by atoms with Crippen LogP contribution in [0.25, 0.3) is 0 Å². The number of carboxylic acid groups (broad SMARTS) is 1. The van der Waals surface area contributed by atoms with Crippen molar-refractivity contribution in [3.63, 3.8) is 0 Å². The van der Waals surface area contributed by atoms with Crippen LogP contribution in [0.15, 0.2) is 18.3 Å². The number of aromatic nitrogens is 1. The van der Waals surface area contributed by atoms with Gasteiger partial charge in [0.1, 0.15) is 5.69 Å². The first kappa shape index (κ1) is 12.5. The number of nitrogens with zero attached hydrogens (tertiary/aromatic N) is 1. The molecule has 1 aromatic heterocycles. The molecule has 0 radical (unpaired) electrons. The normalized spacial score (nSPS) is 13.2. The second-order valence-corrected chi connectivity index (χ2v) is 4.97. The molecule has 1 atom stereocenters. The molecule has 88 valence electrons. The Balaban J connectivity index is 2.82. The minimum atomic E-state index is -1.01. The van der Waals surface area contributed by atoms with E-state index < -0.39 is 5.97 Å². The van der Waals surface area contributed by atoms with Gasteiger partial charge in [0.25, 0.3) is 0 Å². The fraction of sp³-hybridized carbons (Fsp3) is 0.500. The molecule has 1 rings (SSSR count). The topological polar surface area (TPSA) is 62.2 Å². The van der Waals surface area contributed by atoms with Crippen molar-refractivity contribution in [3.8, 4) is 0 Å². The van der Waals surface area contributed by atoms with Crippen molar-refractivity contribution in [2.24, 2.45) is 5.41 Å². The van der Waals surface area contributed by atoms with Gasteiger partial charge in [-0.2, -0.15) is 0 Å². The number of hydrogen-bond acceptors (Lipinski definition) is 3. The highest BCUT2D eigenvalue weighted by Gasteiger charge is 2.19.